The molecule has 0 unspecified atom stereocenters. The van der Waals surface area contributed by atoms with Gasteiger partial charge in [-0.15, -0.1) is 0 Å². The van der Waals surface area contributed by atoms with Crippen LogP contribution in [-0.2, 0) is 9.59 Å². The van der Waals surface area contributed by atoms with Gasteiger partial charge in [-0.25, -0.2) is 0 Å². The lowest BCUT2D eigenvalue weighted by molar-refractivity contribution is -0.124. The monoisotopic (exact) mass is 155 g/mol. The van der Waals surface area contributed by atoms with Gasteiger partial charge in [-0.2, -0.15) is 0 Å². The van der Waals surface area contributed by atoms with Crippen molar-refractivity contribution in [1.82, 2.24) is 5.32 Å². The predicted octanol–water partition coefficient (Wildman–Crippen LogP) is 0.514. The summed E-state index contributed by atoms with van der Waals surface area (Å²) in [6.45, 7) is 6.95. The fourth-order valence-electron chi connectivity index (χ4n) is 0.451. The van der Waals surface area contributed by atoms with Crippen LogP contribution < -0.4 is 5.32 Å². The largest absolute Gasteiger partial charge is 0.345 e. The number of ketones is 1. The van der Waals surface area contributed by atoms with E-state index in [1.165, 1.54) is 0 Å². The molecule has 0 saturated carbocycles. The van der Waals surface area contributed by atoms with Crippen LogP contribution in [0.25, 0.3) is 0 Å². The van der Waals surface area contributed by atoms with Crippen molar-refractivity contribution in [2.45, 2.75) is 13.8 Å². The summed E-state index contributed by atoms with van der Waals surface area (Å²) in [5.74, 6) is -0.306. The molecule has 0 bridgehead atoms. The van der Waals surface area contributed by atoms with Gasteiger partial charge in [-0.3, -0.25) is 9.59 Å². The Morgan fingerprint density at radius 2 is 2.09 bits per heavy atom. The molecule has 0 aliphatic heterocycles. The molecule has 1 amide bonds. The third-order valence-corrected chi connectivity index (χ3v) is 1.27. The zero-order chi connectivity index (χ0) is 8.85. The Kier molecular flexibility index (Phi) is 4.18. The van der Waals surface area contributed by atoms with Crippen molar-refractivity contribution < 1.29 is 9.59 Å². The predicted molar refractivity (Wildman–Crippen MR) is 43.1 cm³/mol. The lowest BCUT2D eigenvalue weighted by Gasteiger charge is -2.03. The van der Waals surface area contributed by atoms with E-state index in [0.29, 0.717) is 0 Å². The minimum atomic E-state index is -0.306. The normalized spacial score (nSPS) is 9.36. The third-order valence-electron chi connectivity index (χ3n) is 1.27. The van der Waals surface area contributed by atoms with Gasteiger partial charge in [0.1, 0.15) is 0 Å². The number of nitrogens with one attached hydrogen (secondary N) is 1. The van der Waals surface area contributed by atoms with Gasteiger partial charge in [0.15, 0.2) is 5.78 Å². The molecule has 0 atom stereocenters. The molecule has 0 rings (SSSR count). The summed E-state index contributed by atoms with van der Waals surface area (Å²) in [5.41, 5.74) is 0. The minimum Gasteiger partial charge on any atom is -0.345 e. The van der Waals surface area contributed by atoms with Gasteiger partial charge in [0.2, 0.25) is 5.91 Å². The maximum atomic E-state index is 10.9. The van der Waals surface area contributed by atoms with Crippen LogP contribution in [0.2, 0.25) is 0 Å². The average Bonchev–Trinajstić information content (AvgIpc) is 1.99. The minimum absolute atomic E-state index is 0.0277. The summed E-state index contributed by atoms with van der Waals surface area (Å²) in [5, 5.41) is 2.41. The standard InChI is InChI=1S/C8H13NO2/c1-4-8(11)9-5-7(10)6(2)3/h4,6H,1,5H2,2-3H3,(H,9,11). The first-order chi connectivity index (χ1) is 5.07. The molecule has 3 heteroatoms. The number of amides is 1. The van der Waals surface area contributed by atoms with Crippen LogP contribution in [0.15, 0.2) is 12.7 Å². The number of rotatable bonds is 4. The zero-order valence-corrected chi connectivity index (χ0v) is 6.89. The third kappa shape index (κ3) is 4.31. The molecule has 0 heterocycles. The average molecular weight is 155 g/mol. The van der Waals surface area contributed by atoms with Gasteiger partial charge in [-0.1, -0.05) is 20.4 Å². The summed E-state index contributed by atoms with van der Waals surface area (Å²) in [6, 6.07) is 0. The van der Waals surface area contributed by atoms with E-state index >= 15 is 0 Å². The molecule has 0 aliphatic rings. The van der Waals surface area contributed by atoms with Crippen molar-refractivity contribution in [3.05, 3.63) is 12.7 Å². The van der Waals surface area contributed by atoms with Crippen molar-refractivity contribution >= 4 is 11.7 Å². The maximum Gasteiger partial charge on any atom is 0.243 e. The summed E-state index contributed by atoms with van der Waals surface area (Å²) >= 11 is 0. The van der Waals surface area contributed by atoms with Gasteiger partial charge in [0.25, 0.3) is 0 Å². The van der Waals surface area contributed by atoms with Crippen LogP contribution in [0.5, 0.6) is 0 Å². The Morgan fingerprint density at radius 3 is 2.45 bits per heavy atom. The molecular formula is C8H13NO2. The first-order valence-corrected chi connectivity index (χ1v) is 3.51. The van der Waals surface area contributed by atoms with Gasteiger partial charge < -0.3 is 5.32 Å². The summed E-state index contributed by atoms with van der Waals surface area (Å²) in [7, 11) is 0. The van der Waals surface area contributed by atoms with Crippen LogP contribution >= 0.6 is 0 Å². The van der Waals surface area contributed by atoms with Crippen LogP contribution in [-0.4, -0.2) is 18.2 Å². The van der Waals surface area contributed by atoms with Gasteiger partial charge in [0.05, 0.1) is 6.54 Å². The summed E-state index contributed by atoms with van der Waals surface area (Å²) in [6.07, 6.45) is 1.15. The van der Waals surface area contributed by atoms with Crippen molar-refractivity contribution in [3.8, 4) is 0 Å². The topological polar surface area (TPSA) is 46.2 Å². The number of hydrogen-bond acceptors (Lipinski definition) is 2. The van der Waals surface area contributed by atoms with Crippen molar-refractivity contribution in [2.75, 3.05) is 6.54 Å². The maximum absolute atomic E-state index is 10.9. The van der Waals surface area contributed by atoms with Crippen LogP contribution in [0.1, 0.15) is 13.8 Å². The first-order valence-electron chi connectivity index (χ1n) is 3.51. The number of hydrogen-bond donors (Lipinski definition) is 1. The molecule has 0 fully saturated rings. The number of carbonyl (C=O) groups is 2. The van der Waals surface area contributed by atoms with Gasteiger partial charge in [-0.05, 0) is 6.08 Å². The fourth-order valence-corrected chi connectivity index (χ4v) is 0.451. The van der Waals surface area contributed by atoms with E-state index in [2.05, 4.69) is 11.9 Å². The molecule has 0 radical (unpaired) electrons. The smallest absolute Gasteiger partial charge is 0.243 e. The van der Waals surface area contributed by atoms with E-state index in [9.17, 15) is 9.59 Å². The van der Waals surface area contributed by atoms with E-state index < -0.39 is 0 Å². The molecule has 0 spiro atoms. The molecule has 1 N–H and O–H groups in total. The second-order valence-electron chi connectivity index (χ2n) is 2.54. The molecule has 0 aliphatic carbocycles. The van der Waals surface area contributed by atoms with E-state index in [4.69, 9.17) is 0 Å². The van der Waals surface area contributed by atoms with Gasteiger partial charge >= 0.3 is 0 Å². The van der Waals surface area contributed by atoms with Crippen LogP contribution in [0.3, 0.4) is 0 Å². The Bertz CT molecular complexity index is 173. The Labute approximate surface area is 66.5 Å². The molecular weight excluding hydrogens is 142 g/mol. The molecule has 0 aromatic rings. The fraction of sp³-hybridized carbons (Fsp3) is 0.500. The second-order valence-corrected chi connectivity index (χ2v) is 2.54. The molecule has 3 nitrogen and oxygen atoms in total. The van der Waals surface area contributed by atoms with Crippen LogP contribution in [0.4, 0.5) is 0 Å². The molecule has 0 aromatic carbocycles. The van der Waals surface area contributed by atoms with Crippen LogP contribution in [0, 0.1) is 5.92 Å². The zero-order valence-electron chi connectivity index (χ0n) is 6.89. The van der Waals surface area contributed by atoms with Crippen molar-refractivity contribution in [3.63, 3.8) is 0 Å². The molecule has 11 heavy (non-hydrogen) atoms. The van der Waals surface area contributed by atoms with Gasteiger partial charge in [0, 0.05) is 5.92 Å². The van der Waals surface area contributed by atoms with E-state index in [-0.39, 0.29) is 24.2 Å². The lowest BCUT2D eigenvalue weighted by atomic mass is 10.1. The highest BCUT2D eigenvalue weighted by Gasteiger charge is 2.06. The SMILES string of the molecule is C=CC(=O)NCC(=O)C(C)C. The second kappa shape index (κ2) is 4.66. The lowest BCUT2D eigenvalue weighted by Crippen LogP contribution is -2.30. The van der Waals surface area contributed by atoms with E-state index in [0.717, 1.165) is 6.08 Å². The molecule has 62 valence electrons. The Balaban J connectivity index is 3.62. The highest BCUT2D eigenvalue weighted by Crippen LogP contribution is 1.91. The van der Waals surface area contributed by atoms with Crippen molar-refractivity contribution in [1.29, 1.82) is 0 Å². The molecule has 0 aromatic heterocycles. The van der Waals surface area contributed by atoms with E-state index in [1.807, 2.05) is 0 Å². The van der Waals surface area contributed by atoms with Crippen molar-refractivity contribution in [2.24, 2.45) is 5.92 Å². The first kappa shape index (κ1) is 9.88. The number of Topliss-reactive ketones (excluding diaryl/α,β-unsaturated/α-hetero) is 1. The number of carbonyl (C=O) groups excluding carboxylic acids is 2. The highest BCUT2D eigenvalue weighted by molar-refractivity contribution is 5.91. The summed E-state index contributed by atoms with van der Waals surface area (Å²) < 4.78 is 0. The molecule has 0 saturated heterocycles. The summed E-state index contributed by atoms with van der Waals surface area (Å²) in [4.78, 5) is 21.5. The highest BCUT2D eigenvalue weighted by atomic mass is 16.2. The Hall–Kier alpha value is -1.12. The Morgan fingerprint density at radius 1 is 1.55 bits per heavy atom. The van der Waals surface area contributed by atoms with E-state index in [1.54, 1.807) is 13.8 Å². The quantitative estimate of drug-likeness (QED) is 0.601.